The van der Waals surface area contributed by atoms with E-state index in [1.807, 2.05) is 39.0 Å². The Kier molecular flexibility index (Phi) is 6.03. The zero-order chi connectivity index (χ0) is 16.0. The highest BCUT2D eigenvalue weighted by Crippen LogP contribution is 2.32. The third-order valence-electron chi connectivity index (χ3n) is 2.98. The largest absolute Gasteiger partial charge is 0.493 e. The van der Waals surface area contributed by atoms with Gasteiger partial charge in [-0.3, -0.25) is 4.79 Å². The molecule has 1 aromatic rings. The summed E-state index contributed by atoms with van der Waals surface area (Å²) in [6.07, 6.45) is 0.450. The number of hydrogen-bond acceptors (Lipinski definition) is 5. The number of methoxy groups -OCH3 is 2. The summed E-state index contributed by atoms with van der Waals surface area (Å²) in [7, 11) is 3.15. The first kappa shape index (κ1) is 17.3. The van der Waals surface area contributed by atoms with E-state index in [1.165, 1.54) is 0 Å². The molecule has 1 unspecified atom stereocenters. The minimum Gasteiger partial charge on any atom is -0.493 e. The second-order valence-corrected chi connectivity index (χ2v) is 5.82. The molecule has 0 saturated heterocycles. The molecule has 0 spiro atoms. The summed E-state index contributed by atoms with van der Waals surface area (Å²) in [6.45, 7) is 5.73. The first-order valence-corrected chi connectivity index (χ1v) is 6.95. The van der Waals surface area contributed by atoms with Crippen molar-refractivity contribution < 1.29 is 19.0 Å². The van der Waals surface area contributed by atoms with Crippen LogP contribution in [0.25, 0.3) is 0 Å². The normalized spacial score (nSPS) is 12.7. The van der Waals surface area contributed by atoms with Crippen molar-refractivity contribution in [1.82, 2.24) is 0 Å². The number of rotatable bonds is 6. The van der Waals surface area contributed by atoms with Gasteiger partial charge in [0.15, 0.2) is 11.5 Å². The van der Waals surface area contributed by atoms with Gasteiger partial charge in [-0.05, 0) is 38.8 Å². The zero-order valence-electron chi connectivity index (χ0n) is 13.4. The van der Waals surface area contributed by atoms with Crippen molar-refractivity contribution in [3.8, 4) is 11.5 Å². The SMILES string of the molecule is COc1cccc(CC(CN)C(=O)OC(C)(C)C)c1OC. The lowest BCUT2D eigenvalue weighted by Gasteiger charge is -2.24. The molecule has 0 bridgehead atoms. The Labute approximate surface area is 126 Å². The molecule has 0 aliphatic heterocycles. The molecule has 5 nitrogen and oxygen atoms in total. The van der Waals surface area contributed by atoms with Crippen LogP contribution in [0.1, 0.15) is 26.3 Å². The summed E-state index contributed by atoms with van der Waals surface area (Å²) in [6, 6.07) is 5.57. The summed E-state index contributed by atoms with van der Waals surface area (Å²) in [5, 5.41) is 0. The Balaban J connectivity index is 2.94. The number of esters is 1. The maximum absolute atomic E-state index is 12.2. The van der Waals surface area contributed by atoms with Crippen molar-refractivity contribution in [3.63, 3.8) is 0 Å². The first-order valence-electron chi connectivity index (χ1n) is 6.95. The monoisotopic (exact) mass is 295 g/mol. The Bertz CT molecular complexity index is 480. The minimum absolute atomic E-state index is 0.218. The van der Waals surface area contributed by atoms with E-state index in [2.05, 4.69) is 0 Å². The molecule has 0 fully saturated rings. The Morgan fingerprint density at radius 2 is 1.90 bits per heavy atom. The second-order valence-electron chi connectivity index (χ2n) is 5.82. The quantitative estimate of drug-likeness (QED) is 0.814. The van der Waals surface area contributed by atoms with Crippen molar-refractivity contribution in [1.29, 1.82) is 0 Å². The Morgan fingerprint density at radius 1 is 1.24 bits per heavy atom. The minimum atomic E-state index is -0.525. The summed E-state index contributed by atoms with van der Waals surface area (Å²) in [5.74, 6) is 0.553. The molecule has 0 aromatic heterocycles. The topological polar surface area (TPSA) is 70.8 Å². The molecule has 1 aromatic carbocycles. The van der Waals surface area contributed by atoms with Gasteiger partial charge in [-0.2, -0.15) is 0 Å². The van der Waals surface area contributed by atoms with E-state index in [0.29, 0.717) is 17.9 Å². The fourth-order valence-electron chi connectivity index (χ4n) is 2.03. The van der Waals surface area contributed by atoms with Crippen LogP contribution in [-0.4, -0.2) is 32.3 Å². The summed E-state index contributed by atoms with van der Waals surface area (Å²) >= 11 is 0. The number of hydrogen-bond donors (Lipinski definition) is 1. The second kappa shape index (κ2) is 7.31. The van der Waals surface area contributed by atoms with Gasteiger partial charge in [0, 0.05) is 6.54 Å². The van der Waals surface area contributed by atoms with E-state index in [-0.39, 0.29) is 12.5 Å². The first-order chi connectivity index (χ1) is 9.82. The molecule has 0 radical (unpaired) electrons. The number of benzene rings is 1. The summed E-state index contributed by atoms with van der Waals surface area (Å²) in [4.78, 5) is 12.2. The van der Waals surface area contributed by atoms with Gasteiger partial charge in [-0.1, -0.05) is 12.1 Å². The summed E-state index contributed by atoms with van der Waals surface area (Å²) < 4.78 is 16.0. The van der Waals surface area contributed by atoms with Crippen molar-refractivity contribution in [2.24, 2.45) is 11.7 Å². The summed E-state index contributed by atoms with van der Waals surface area (Å²) in [5.41, 5.74) is 6.08. The standard InChI is InChI=1S/C16H25NO4/c1-16(2,3)21-15(18)12(10-17)9-11-7-6-8-13(19-4)14(11)20-5/h6-8,12H,9-10,17H2,1-5H3. The maximum Gasteiger partial charge on any atom is 0.311 e. The van der Waals surface area contributed by atoms with Gasteiger partial charge in [-0.25, -0.2) is 0 Å². The Morgan fingerprint density at radius 3 is 2.38 bits per heavy atom. The zero-order valence-corrected chi connectivity index (χ0v) is 13.4. The van der Waals surface area contributed by atoms with E-state index in [9.17, 15) is 4.79 Å². The number of carbonyl (C=O) groups excluding carboxylic acids is 1. The van der Waals surface area contributed by atoms with E-state index in [4.69, 9.17) is 19.9 Å². The van der Waals surface area contributed by atoms with Crippen molar-refractivity contribution in [3.05, 3.63) is 23.8 Å². The molecule has 118 valence electrons. The molecule has 1 rings (SSSR count). The van der Waals surface area contributed by atoms with Gasteiger partial charge in [0.1, 0.15) is 5.60 Å². The molecule has 0 amide bonds. The van der Waals surface area contributed by atoms with Crippen LogP contribution in [0.15, 0.2) is 18.2 Å². The van der Waals surface area contributed by atoms with Crippen LogP contribution >= 0.6 is 0 Å². The van der Waals surface area contributed by atoms with Gasteiger partial charge in [0.25, 0.3) is 0 Å². The molecule has 0 heterocycles. The number of nitrogens with two attached hydrogens (primary N) is 1. The van der Waals surface area contributed by atoms with E-state index in [1.54, 1.807) is 14.2 Å². The van der Waals surface area contributed by atoms with Gasteiger partial charge in [0.05, 0.1) is 20.1 Å². The van der Waals surface area contributed by atoms with Crippen molar-refractivity contribution in [2.45, 2.75) is 32.8 Å². The predicted octanol–water partition coefficient (Wildman–Crippen LogP) is 2.16. The van der Waals surface area contributed by atoms with E-state index < -0.39 is 11.5 Å². The van der Waals surface area contributed by atoms with Crippen LogP contribution in [-0.2, 0) is 16.0 Å². The predicted molar refractivity (Wildman–Crippen MR) is 81.6 cm³/mol. The lowest BCUT2D eigenvalue weighted by molar-refractivity contribution is -0.159. The highest BCUT2D eigenvalue weighted by atomic mass is 16.6. The molecular weight excluding hydrogens is 270 g/mol. The molecule has 5 heteroatoms. The van der Waals surface area contributed by atoms with Gasteiger partial charge in [-0.15, -0.1) is 0 Å². The van der Waals surface area contributed by atoms with Gasteiger partial charge >= 0.3 is 5.97 Å². The molecule has 0 saturated carbocycles. The fraction of sp³-hybridized carbons (Fsp3) is 0.562. The molecule has 0 aliphatic carbocycles. The molecule has 1 atom stereocenters. The number of ether oxygens (including phenoxy) is 3. The Hall–Kier alpha value is -1.75. The average molecular weight is 295 g/mol. The smallest absolute Gasteiger partial charge is 0.311 e. The van der Waals surface area contributed by atoms with E-state index in [0.717, 1.165) is 5.56 Å². The third-order valence-corrected chi connectivity index (χ3v) is 2.98. The van der Waals surface area contributed by atoms with Crippen molar-refractivity contribution >= 4 is 5.97 Å². The lowest BCUT2D eigenvalue weighted by atomic mass is 9.98. The number of carbonyl (C=O) groups is 1. The highest BCUT2D eigenvalue weighted by Gasteiger charge is 2.25. The van der Waals surface area contributed by atoms with Gasteiger partial charge in [0.2, 0.25) is 0 Å². The maximum atomic E-state index is 12.2. The third kappa shape index (κ3) is 4.93. The lowest BCUT2D eigenvalue weighted by Crippen LogP contribution is -2.33. The highest BCUT2D eigenvalue weighted by molar-refractivity contribution is 5.73. The van der Waals surface area contributed by atoms with Crippen LogP contribution in [0.3, 0.4) is 0 Å². The van der Waals surface area contributed by atoms with Crippen LogP contribution < -0.4 is 15.2 Å². The van der Waals surface area contributed by atoms with Crippen LogP contribution in [0.4, 0.5) is 0 Å². The van der Waals surface area contributed by atoms with Crippen LogP contribution in [0.2, 0.25) is 0 Å². The molecule has 21 heavy (non-hydrogen) atoms. The van der Waals surface area contributed by atoms with Crippen LogP contribution in [0.5, 0.6) is 11.5 Å². The molecule has 0 aliphatic rings. The average Bonchev–Trinajstić information content (AvgIpc) is 2.42. The van der Waals surface area contributed by atoms with Crippen molar-refractivity contribution in [2.75, 3.05) is 20.8 Å². The number of para-hydroxylation sites is 1. The van der Waals surface area contributed by atoms with Crippen LogP contribution in [0, 0.1) is 5.92 Å². The molecular formula is C16H25NO4. The van der Waals surface area contributed by atoms with Gasteiger partial charge < -0.3 is 19.9 Å². The van der Waals surface area contributed by atoms with E-state index >= 15 is 0 Å². The fourth-order valence-corrected chi connectivity index (χ4v) is 2.03. The molecule has 2 N–H and O–H groups in total.